The Morgan fingerprint density at radius 1 is 1.42 bits per heavy atom. The van der Waals surface area contributed by atoms with Crippen LogP contribution in [0.25, 0.3) is 11.0 Å². The number of para-hydroxylation sites is 1. The van der Waals surface area contributed by atoms with E-state index in [1.54, 1.807) is 0 Å². The van der Waals surface area contributed by atoms with Gasteiger partial charge in [0.1, 0.15) is 10.7 Å². The number of hydrogen-bond acceptors (Lipinski definition) is 5. The van der Waals surface area contributed by atoms with Crippen LogP contribution in [-0.2, 0) is 6.42 Å². The second-order valence-electron chi connectivity index (χ2n) is 6.98. The first kappa shape index (κ1) is 17.1. The molecule has 0 radical (unpaired) electrons. The van der Waals surface area contributed by atoms with Crippen LogP contribution >= 0.6 is 11.5 Å². The molecular weight excluding hydrogens is 346 g/mol. The highest BCUT2D eigenvalue weighted by atomic mass is 32.1. The van der Waals surface area contributed by atoms with Crippen LogP contribution in [0.5, 0.6) is 0 Å². The van der Waals surface area contributed by atoms with Crippen molar-refractivity contribution in [2.75, 3.05) is 13.1 Å². The number of carbonyl (C=O) groups is 1. The van der Waals surface area contributed by atoms with E-state index in [-0.39, 0.29) is 11.8 Å². The molecule has 4 rings (SSSR count). The summed E-state index contributed by atoms with van der Waals surface area (Å²) in [4.78, 5) is 23.9. The summed E-state index contributed by atoms with van der Waals surface area (Å²) in [5.41, 5.74) is 4.11. The molecule has 0 unspecified atom stereocenters. The number of aromatic nitrogens is 4. The van der Waals surface area contributed by atoms with Crippen molar-refractivity contribution in [3.05, 3.63) is 40.2 Å². The highest BCUT2D eigenvalue weighted by Gasteiger charge is 2.29. The van der Waals surface area contributed by atoms with Gasteiger partial charge in [-0.25, -0.2) is 4.98 Å². The zero-order valence-electron chi connectivity index (χ0n) is 15.2. The van der Waals surface area contributed by atoms with Gasteiger partial charge >= 0.3 is 0 Å². The van der Waals surface area contributed by atoms with Gasteiger partial charge in [-0.05, 0) is 49.3 Å². The van der Waals surface area contributed by atoms with Crippen molar-refractivity contribution in [1.29, 1.82) is 0 Å². The minimum Gasteiger partial charge on any atom is -0.342 e. The lowest BCUT2D eigenvalue weighted by atomic mass is 9.97. The third kappa shape index (κ3) is 3.11. The molecular formula is C19H23N5OS. The van der Waals surface area contributed by atoms with Crippen LogP contribution in [0.15, 0.2) is 18.2 Å². The number of benzene rings is 1. The van der Waals surface area contributed by atoms with E-state index >= 15 is 0 Å². The summed E-state index contributed by atoms with van der Waals surface area (Å²) in [6.45, 7) is 5.66. The van der Waals surface area contributed by atoms with E-state index in [1.165, 1.54) is 17.1 Å². The minimum atomic E-state index is 0.0699. The van der Waals surface area contributed by atoms with Crippen LogP contribution in [-0.4, -0.2) is 43.5 Å². The maximum Gasteiger partial charge on any atom is 0.267 e. The Kier molecular flexibility index (Phi) is 4.72. The van der Waals surface area contributed by atoms with Crippen LogP contribution in [0, 0.1) is 6.92 Å². The molecule has 2 aromatic heterocycles. The summed E-state index contributed by atoms with van der Waals surface area (Å²) in [5, 5.41) is 4.14. The lowest BCUT2D eigenvalue weighted by Gasteiger charge is -2.31. The Morgan fingerprint density at radius 2 is 2.31 bits per heavy atom. The Hall–Kier alpha value is -2.28. The summed E-state index contributed by atoms with van der Waals surface area (Å²) in [7, 11) is 0. The van der Waals surface area contributed by atoms with Crippen molar-refractivity contribution in [3.63, 3.8) is 0 Å². The van der Waals surface area contributed by atoms with Crippen LogP contribution in [0.4, 0.5) is 0 Å². The predicted molar refractivity (Wildman–Crippen MR) is 103 cm³/mol. The van der Waals surface area contributed by atoms with Crippen LogP contribution < -0.4 is 0 Å². The molecule has 1 saturated heterocycles. The van der Waals surface area contributed by atoms with Gasteiger partial charge in [0.15, 0.2) is 0 Å². The second-order valence-corrected chi connectivity index (χ2v) is 7.74. The SMILES string of the molecule is CCCc1nnsc1C(=O)N1CCC[C@H](c2nc3c(C)cccc3[nH]2)C1. The third-order valence-electron chi connectivity index (χ3n) is 5.06. The highest BCUT2D eigenvalue weighted by Crippen LogP contribution is 2.29. The number of likely N-dealkylation sites (tertiary alicyclic amines) is 1. The standard InChI is InChI=1S/C19H23N5OS/c1-3-6-15-17(26-23-22-15)19(25)24-10-5-8-13(11-24)18-20-14-9-4-7-12(2)16(14)21-18/h4,7,9,13H,3,5-6,8,10-11H2,1-2H3,(H,20,21)/t13-/m0/s1. The van der Waals surface area contributed by atoms with E-state index in [9.17, 15) is 4.79 Å². The number of nitrogens with zero attached hydrogens (tertiary/aromatic N) is 4. The zero-order chi connectivity index (χ0) is 18.1. The molecule has 1 N–H and O–H groups in total. The molecule has 0 saturated carbocycles. The van der Waals surface area contributed by atoms with Gasteiger partial charge in [0.05, 0.1) is 16.7 Å². The van der Waals surface area contributed by atoms with Crippen molar-refractivity contribution >= 4 is 28.5 Å². The van der Waals surface area contributed by atoms with E-state index in [2.05, 4.69) is 40.6 Å². The number of nitrogens with one attached hydrogen (secondary N) is 1. The summed E-state index contributed by atoms with van der Waals surface area (Å²) in [6, 6.07) is 6.18. The van der Waals surface area contributed by atoms with Gasteiger partial charge in [-0.3, -0.25) is 4.79 Å². The first-order valence-electron chi connectivity index (χ1n) is 9.23. The molecule has 1 aromatic carbocycles. The molecule has 136 valence electrons. The molecule has 26 heavy (non-hydrogen) atoms. The van der Waals surface area contributed by atoms with E-state index in [4.69, 9.17) is 4.98 Å². The molecule has 0 aliphatic carbocycles. The van der Waals surface area contributed by atoms with E-state index < -0.39 is 0 Å². The van der Waals surface area contributed by atoms with Crippen LogP contribution in [0.2, 0.25) is 0 Å². The van der Waals surface area contributed by atoms with Crippen molar-refractivity contribution in [3.8, 4) is 0 Å². The smallest absolute Gasteiger partial charge is 0.267 e. The number of rotatable bonds is 4. The molecule has 1 aliphatic rings. The van der Waals surface area contributed by atoms with Crippen molar-refractivity contribution in [2.24, 2.45) is 0 Å². The van der Waals surface area contributed by atoms with Crippen molar-refractivity contribution in [1.82, 2.24) is 24.5 Å². The number of H-pyrrole nitrogens is 1. The fraction of sp³-hybridized carbons (Fsp3) is 0.474. The van der Waals surface area contributed by atoms with E-state index in [0.29, 0.717) is 11.4 Å². The van der Waals surface area contributed by atoms with Gasteiger partial charge < -0.3 is 9.88 Å². The second kappa shape index (κ2) is 7.15. The summed E-state index contributed by atoms with van der Waals surface area (Å²) in [6.07, 6.45) is 3.80. The largest absolute Gasteiger partial charge is 0.342 e. The fourth-order valence-electron chi connectivity index (χ4n) is 3.69. The molecule has 1 amide bonds. The van der Waals surface area contributed by atoms with Crippen molar-refractivity contribution in [2.45, 2.75) is 45.4 Å². The lowest BCUT2D eigenvalue weighted by Crippen LogP contribution is -2.39. The number of carbonyl (C=O) groups excluding carboxylic acids is 1. The van der Waals surface area contributed by atoms with Gasteiger partial charge in [0, 0.05) is 19.0 Å². The van der Waals surface area contributed by atoms with E-state index in [1.807, 2.05) is 11.0 Å². The van der Waals surface area contributed by atoms with Crippen LogP contribution in [0.1, 0.15) is 58.9 Å². The Labute approximate surface area is 156 Å². The Balaban J connectivity index is 1.56. The number of aryl methyl sites for hydroxylation is 2. The first-order valence-corrected chi connectivity index (χ1v) is 10.0. The molecule has 1 fully saturated rings. The predicted octanol–water partition coefficient (Wildman–Crippen LogP) is 3.70. The summed E-state index contributed by atoms with van der Waals surface area (Å²) in [5.74, 6) is 1.30. The van der Waals surface area contributed by atoms with Gasteiger partial charge in [-0.2, -0.15) is 0 Å². The first-order chi connectivity index (χ1) is 12.7. The molecule has 3 aromatic rings. The molecule has 3 heterocycles. The molecule has 6 nitrogen and oxygen atoms in total. The molecule has 0 spiro atoms. The van der Waals surface area contributed by atoms with Gasteiger partial charge in [-0.15, -0.1) is 5.10 Å². The molecule has 7 heteroatoms. The maximum atomic E-state index is 13.0. The normalized spacial score (nSPS) is 17.8. The summed E-state index contributed by atoms with van der Waals surface area (Å²) >= 11 is 1.22. The number of aromatic amines is 1. The summed E-state index contributed by atoms with van der Waals surface area (Å²) < 4.78 is 4.00. The van der Waals surface area contributed by atoms with E-state index in [0.717, 1.165) is 54.8 Å². The number of fused-ring (bicyclic) bond motifs is 1. The topological polar surface area (TPSA) is 74.8 Å². The van der Waals surface area contributed by atoms with Crippen molar-refractivity contribution < 1.29 is 4.79 Å². The average molecular weight is 369 g/mol. The van der Waals surface area contributed by atoms with Gasteiger partial charge in [0.25, 0.3) is 5.91 Å². The lowest BCUT2D eigenvalue weighted by molar-refractivity contribution is 0.0708. The fourth-order valence-corrected chi connectivity index (χ4v) is 4.36. The highest BCUT2D eigenvalue weighted by molar-refractivity contribution is 7.08. The molecule has 0 bridgehead atoms. The number of imidazole rings is 1. The Morgan fingerprint density at radius 3 is 3.12 bits per heavy atom. The van der Waals surface area contributed by atoms with Gasteiger partial charge in [-0.1, -0.05) is 30.0 Å². The van der Waals surface area contributed by atoms with Crippen LogP contribution in [0.3, 0.4) is 0 Å². The molecule has 1 atom stereocenters. The third-order valence-corrected chi connectivity index (χ3v) is 5.82. The minimum absolute atomic E-state index is 0.0699. The number of amides is 1. The maximum absolute atomic E-state index is 13.0. The number of piperidine rings is 1. The Bertz CT molecular complexity index is 931. The van der Waals surface area contributed by atoms with Gasteiger partial charge in [0.2, 0.25) is 0 Å². The average Bonchev–Trinajstić information content (AvgIpc) is 3.29. The number of hydrogen-bond donors (Lipinski definition) is 1. The monoisotopic (exact) mass is 369 g/mol. The molecule has 1 aliphatic heterocycles. The zero-order valence-corrected chi connectivity index (χ0v) is 16.0. The quantitative estimate of drug-likeness (QED) is 0.761.